The fourth-order valence-corrected chi connectivity index (χ4v) is 4.42. The summed E-state index contributed by atoms with van der Waals surface area (Å²) in [7, 11) is 0. The van der Waals surface area contributed by atoms with E-state index in [0.29, 0.717) is 5.92 Å². The summed E-state index contributed by atoms with van der Waals surface area (Å²) in [6.07, 6.45) is 16.9. The average Bonchev–Trinajstić information content (AvgIpc) is 2.53. The number of hydrogen-bond donors (Lipinski definition) is 0. The molecule has 0 atom stereocenters. The highest BCUT2D eigenvalue weighted by atomic mass is 14.3. The van der Waals surface area contributed by atoms with Gasteiger partial charge in [0.15, 0.2) is 6.07 Å². The van der Waals surface area contributed by atoms with Gasteiger partial charge in [-0.05, 0) is 43.4 Å². The van der Waals surface area contributed by atoms with Crippen LogP contribution in [0.25, 0.3) is 0 Å². The van der Waals surface area contributed by atoms with Crippen LogP contribution in [0.1, 0.15) is 84.0 Å². The van der Waals surface area contributed by atoms with E-state index in [2.05, 4.69) is 18.8 Å². The van der Waals surface area contributed by atoms with Crippen molar-refractivity contribution in [3.05, 3.63) is 0 Å². The van der Waals surface area contributed by atoms with Crippen molar-refractivity contribution >= 4 is 0 Å². The lowest BCUT2D eigenvalue weighted by molar-refractivity contribution is 0.222. The van der Waals surface area contributed by atoms with Gasteiger partial charge < -0.3 is 0 Å². The van der Waals surface area contributed by atoms with E-state index < -0.39 is 0 Å². The molecule has 1 nitrogen and oxygen atoms in total. The first-order valence-corrected chi connectivity index (χ1v) is 9.21. The zero-order valence-corrected chi connectivity index (χ0v) is 13.7. The molecule has 0 saturated heterocycles. The van der Waals surface area contributed by atoms with Crippen LogP contribution in [0.4, 0.5) is 0 Å². The zero-order valence-electron chi connectivity index (χ0n) is 13.7. The van der Waals surface area contributed by atoms with Crippen molar-refractivity contribution in [2.75, 3.05) is 0 Å². The number of hydrogen-bond acceptors (Lipinski definition) is 1. The Kier molecular flexibility index (Phi) is 7.15. The maximum Gasteiger partial charge on any atom is 0.152 e. The molecule has 0 aromatic rings. The van der Waals surface area contributed by atoms with Crippen LogP contribution >= 0.6 is 0 Å². The van der Waals surface area contributed by atoms with Gasteiger partial charge in [0.25, 0.3) is 0 Å². The fourth-order valence-electron chi connectivity index (χ4n) is 4.42. The molecule has 2 rings (SSSR count). The summed E-state index contributed by atoms with van der Waals surface area (Å²) in [5, 5.41) is 8.51. The molecule has 0 bridgehead atoms. The predicted molar refractivity (Wildman–Crippen MR) is 88.4 cm³/mol. The van der Waals surface area contributed by atoms with E-state index >= 15 is 0 Å². The van der Waals surface area contributed by atoms with Crippen molar-refractivity contribution < 1.29 is 0 Å². The van der Waals surface area contributed by atoms with E-state index in [4.69, 9.17) is 5.26 Å². The van der Waals surface area contributed by atoms with Crippen LogP contribution in [-0.4, -0.2) is 0 Å². The lowest BCUT2D eigenvalue weighted by atomic mass is 9.75. The lowest BCUT2D eigenvalue weighted by Gasteiger charge is -2.31. The Morgan fingerprint density at radius 1 is 0.762 bits per heavy atom. The highest BCUT2D eigenvalue weighted by Crippen LogP contribution is 2.37. The van der Waals surface area contributed by atoms with Gasteiger partial charge in [-0.15, -0.1) is 0 Å². The molecule has 2 fully saturated rings. The Balaban J connectivity index is 1.59. The Bertz CT molecular complexity index is 378. The highest BCUT2D eigenvalue weighted by Gasteiger charge is 2.23. The summed E-state index contributed by atoms with van der Waals surface area (Å²) in [6.45, 7) is 2.32. The van der Waals surface area contributed by atoms with Gasteiger partial charge in [-0.1, -0.05) is 64.2 Å². The topological polar surface area (TPSA) is 23.8 Å². The van der Waals surface area contributed by atoms with Crippen molar-refractivity contribution in [1.29, 1.82) is 5.26 Å². The van der Waals surface area contributed by atoms with Crippen molar-refractivity contribution in [2.24, 2.45) is 23.7 Å². The second-order valence-corrected chi connectivity index (χ2v) is 7.35. The smallest absolute Gasteiger partial charge is 0.152 e. The molecule has 0 unspecified atom stereocenters. The molecule has 0 radical (unpaired) electrons. The molecule has 0 heterocycles. The Hall–Kier alpha value is -0.950. The normalized spacial score (nSPS) is 32.8. The van der Waals surface area contributed by atoms with Gasteiger partial charge >= 0.3 is 0 Å². The molecule has 1 heteroatoms. The van der Waals surface area contributed by atoms with E-state index in [0.717, 1.165) is 17.8 Å². The Morgan fingerprint density at radius 2 is 1.24 bits per heavy atom. The van der Waals surface area contributed by atoms with Crippen molar-refractivity contribution in [3.63, 3.8) is 0 Å². The van der Waals surface area contributed by atoms with Crippen LogP contribution < -0.4 is 0 Å². The molecule has 0 spiro atoms. The Morgan fingerprint density at radius 3 is 1.71 bits per heavy atom. The minimum absolute atomic E-state index is 0.505. The van der Waals surface area contributed by atoms with Crippen LogP contribution in [0.5, 0.6) is 0 Å². The van der Waals surface area contributed by atoms with Crippen molar-refractivity contribution in [3.8, 4) is 17.9 Å². The van der Waals surface area contributed by atoms with Crippen molar-refractivity contribution in [2.45, 2.75) is 84.0 Å². The quantitative estimate of drug-likeness (QED) is 0.594. The SMILES string of the molecule is CCCC1CCC(CCC2CCC(C#CC#N)CC2)CC1. The molecule has 21 heavy (non-hydrogen) atoms. The van der Waals surface area contributed by atoms with E-state index in [1.54, 1.807) is 0 Å². The van der Waals surface area contributed by atoms with Gasteiger partial charge in [-0.2, -0.15) is 5.26 Å². The second kappa shape index (κ2) is 9.15. The first-order valence-electron chi connectivity index (χ1n) is 9.21. The molecule has 2 aliphatic rings. The third-order valence-electron chi connectivity index (χ3n) is 5.83. The first-order chi connectivity index (χ1) is 10.3. The molecule has 0 aromatic heterocycles. The monoisotopic (exact) mass is 285 g/mol. The van der Waals surface area contributed by atoms with Crippen LogP contribution in [0.15, 0.2) is 0 Å². The van der Waals surface area contributed by atoms with E-state index in [1.807, 2.05) is 6.07 Å². The molecule has 0 aromatic carbocycles. The summed E-state index contributed by atoms with van der Waals surface area (Å²) in [4.78, 5) is 0. The third kappa shape index (κ3) is 5.74. The molecule has 2 aliphatic carbocycles. The van der Waals surface area contributed by atoms with Crippen molar-refractivity contribution in [1.82, 2.24) is 0 Å². The Labute approximate surface area is 131 Å². The second-order valence-electron chi connectivity index (χ2n) is 7.35. The number of nitrogens with zero attached hydrogens (tertiary/aromatic N) is 1. The van der Waals surface area contributed by atoms with Gasteiger partial charge in [0, 0.05) is 11.8 Å². The largest absolute Gasteiger partial charge is 0.183 e. The summed E-state index contributed by atoms with van der Waals surface area (Å²) in [5.41, 5.74) is 0. The highest BCUT2D eigenvalue weighted by molar-refractivity contribution is 5.18. The van der Waals surface area contributed by atoms with Gasteiger partial charge in [0.1, 0.15) is 0 Å². The molecule has 2 saturated carbocycles. The summed E-state index contributed by atoms with van der Waals surface area (Å²) in [6, 6.07) is 1.95. The van der Waals surface area contributed by atoms with Gasteiger partial charge in [0.05, 0.1) is 0 Å². The average molecular weight is 285 g/mol. The summed E-state index contributed by atoms with van der Waals surface area (Å²) >= 11 is 0. The maximum atomic E-state index is 8.51. The van der Waals surface area contributed by atoms with E-state index in [1.165, 1.54) is 77.0 Å². The van der Waals surface area contributed by atoms with Gasteiger partial charge in [-0.25, -0.2) is 0 Å². The molecule has 0 N–H and O–H groups in total. The van der Waals surface area contributed by atoms with E-state index in [9.17, 15) is 0 Å². The zero-order chi connectivity index (χ0) is 14.9. The standard InChI is InChI=1S/C20H31N/c1-2-4-17-6-10-19(11-7-17)14-15-20-12-8-18(9-13-20)5-3-16-21/h17-20H,2,4,6-15H2,1H3. The minimum atomic E-state index is 0.505. The summed E-state index contributed by atoms with van der Waals surface area (Å²) in [5.74, 6) is 9.20. The fraction of sp³-hybridized carbons (Fsp3) is 0.850. The summed E-state index contributed by atoms with van der Waals surface area (Å²) < 4.78 is 0. The number of nitriles is 1. The first kappa shape index (κ1) is 16.4. The van der Waals surface area contributed by atoms with Crippen LogP contribution in [0.2, 0.25) is 0 Å². The van der Waals surface area contributed by atoms with Gasteiger partial charge in [0.2, 0.25) is 0 Å². The van der Waals surface area contributed by atoms with E-state index in [-0.39, 0.29) is 0 Å². The minimum Gasteiger partial charge on any atom is -0.183 e. The lowest BCUT2D eigenvalue weighted by Crippen LogP contribution is -2.17. The molecule has 116 valence electrons. The molecule has 0 amide bonds. The third-order valence-corrected chi connectivity index (χ3v) is 5.83. The molecular weight excluding hydrogens is 254 g/mol. The van der Waals surface area contributed by atoms with Gasteiger partial charge in [-0.3, -0.25) is 0 Å². The maximum absolute atomic E-state index is 8.51. The molecule has 0 aliphatic heterocycles. The predicted octanol–water partition coefficient (Wildman–Crippen LogP) is 5.71. The van der Waals surface area contributed by atoms with Crippen LogP contribution in [0.3, 0.4) is 0 Å². The van der Waals surface area contributed by atoms with Crippen LogP contribution in [0, 0.1) is 46.8 Å². The van der Waals surface area contributed by atoms with Crippen LogP contribution in [-0.2, 0) is 0 Å². The number of rotatable bonds is 5. The molecular formula is C20H31N.